The molecule has 8 heteroatoms. The second kappa shape index (κ2) is 9.27. The van der Waals surface area contributed by atoms with Crippen molar-refractivity contribution in [1.29, 1.82) is 0 Å². The third kappa shape index (κ3) is 5.04. The van der Waals surface area contributed by atoms with Crippen LogP contribution in [0.3, 0.4) is 0 Å². The third-order valence-electron chi connectivity index (χ3n) is 4.24. The van der Waals surface area contributed by atoms with Crippen LogP contribution in [-0.2, 0) is 22.4 Å². The van der Waals surface area contributed by atoms with Crippen molar-refractivity contribution in [3.8, 4) is 10.7 Å². The van der Waals surface area contributed by atoms with Gasteiger partial charge in [-0.25, -0.2) is 0 Å². The Balaban J connectivity index is 1.48. The van der Waals surface area contributed by atoms with Crippen molar-refractivity contribution in [3.63, 3.8) is 0 Å². The molecule has 0 spiro atoms. The van der Waals surface area contributed by atoms with Gasteiger partial charge in [0, 0.05) is 25.6 Å². The lowest BCUT2D eigenvalue weighted by Crippen LogP contribution is -2.35. The highest BCUT2D eigenvalue weighted by atomic mass is 32.1. The van der Waals surface area contributed by atoms with Gasteiger partial charge in [0.15, 0.2) is 0 Å². The Morgan fingerprint density at radius 3 is 2.79 bits per heavy atom. The van der Waals surface area contributed by atoms with E-state index in [1.165, 1.54) is 16.2 Å². The monoisotopic (exact) mass is 398 g/mol. The standard InChI is InChI=1S/C20H22N4O3S/c1-3-14-7-4-5-8-15(14)21-17(25)13-24(2)19(26)11-10-18-22-20(23-27-18)16-9-6-12-28-16/h4-9,12H,3,10-11,13H2,1-2H3,(H,21,25). The fourth-order valence-corrected chi connectivity index (χ4v) is 3.36. The number of hydrogen-bond donors (Lipinski definition) is 1. The predicted molar refractivity (Wildman–Crippen MR) is 108 cm³/mol. The van der Waals surface area contributed by atoms with Crippen molar-refractivity contribution in [1.82, 2.24) is 15.0 Å². The number of amides is 2. The van der Waals surface area contributed by atoms with Crippen molar-refractivity contribution in [2.45, 2.75) is 26.2 Å². The van der Waals surface area contributed by atoms with Gasteiger partial charge < -0.3 is 14.7 Å². The number of anilines is 1. The minimum atomic E-state index is -0.227. The highest BCUT2D eigenvalue weighted by Gasteiger charge is 2.16. The summed E-state index contributed by atoms with van der Waals surface area (Å²) >= 11 is 1.52. The summed E-state index contributed by atoms with van der Waals surface area (Å²) in [5, 5.41) is 8.73. The van der Waals surface area contributed by atoms with E-state index in [0.29, 0.717) is 18.1 Å². The average Bonchev–Trinajstić information content (AvgIpc) is 3.38. The van der Waals surface area contributed by atoms with Gasteiger partial charge in [-0.2, -0.15) is 4.98 Å². The lowest BCUT2D eigenvalue weighted by molar-refractivity contribution is -0.133. The Morgan fingerprint density at radius 2 is 2.04 bits per heavy atom. The van der Waals surface area contributed by atoms with E-state index in [0.717, 1.165) is 22.5 Å². The number of aromatic nitrogens is 2. The first-order valence-corrected chi connectivity index (χ1v) is 9.93. The van der Waals surface area contributed by atoms with Gasteiger partial charge in [-0.1, -0.05) is 36.3 Å². The van der Waals surface area contributed by atoms with E-state index in [1.54, 1.807) is 7.05 Å². The minimum absolute atomic E-state index is 0.0127. The first kappa shape index (κ1) is 19.8. The van der Waals surface area contributed by atoms with E-state index in [2.05, 4.69) is 15.5 Å². The van der Waals surface area contributed by atoms with Crippen LogP contribution in [0.25, 0.3) is 10.7 Å². The van der Waals surface area contributed by atoms with Crippen LogP contribution in [0, 0.1) is 0 Å². The first-order valence-electron chi connectivity index (χ1n) is 9.05. The molecule has 0 aliphatic carbocycles. The number of likely N-dealkylation sites (N-methyl/N-ethyl adjacent to an activating group) is 1. The van der Waals surface area contributed by atoms with Crippen LogP contribution in [0.2, 0.25) is 0 Å². The summed E-state index contributed by atoms with van der Waals surface area (Å²) in [7, 11) is 1.61. The number of nitrogens with one attached hydrogen (secondary N) is 1. The molecule has 0 radical (unpaired) electrons. The zero-order valence-corrected chi connectivity index (χ0v) is 16.7. The number of aryl methyl sites for hydroxylation is 2. The number of carbonyl (C=O) groups is 2. The van der Waals surface area contributed by atoms with Crippen molar-refractivity contribution >= 4 is 28.8 Å². The molecule has 1 N–H and O–H groups in total. The molecule has 1 aromatic carbocycles. The van der Waals surface area contributed by atoms with E-state index >= 15 is 0 Å². The predicted octanol–water partition coefficient (Wildman–Crippen LogP) is 3.39. The molecule has 7 nitrogen and oxygen atoms in total. The molecule has 0 fully saturated rings. The molecule has 3 aromatic rings. The van der Waals surface area contributed by atoms with Gasteiger partial charge in [0.05, 0.1) is 11.4 Å². The Kier molecular flexibility index (Phi) is 6.54. The maximum Gasteiger partial charge on any atom is 0.243 e. The summed E-state index contributed by atoms with van der Waals surface area (Å²) in [6.07, 6.45) is 1.35. The van der Waals surface area contributed by atoms with Crippen molar-refractivity contribution in [2.24, 2.45) is 0 Å². The second-order valence-electron chi connectivity index (χ2n) is 6.30. The number of benzene rings is 1. The topological polar surface area (TPSA) is 88.3 Å². The van der Waals surface area contributed by atoms with Gasteiger partial charge in [-0.3, -0.25) is 9.59 Å². The van der Waals surface area contributed by atoms with Gasteiger partial charge in [0.2, 0.25) is 23.5 Å². The first-order chi connectivity index (χ1) is 13.6. The summed E-state index contributed by atoms with van der Waals surface area (Å²) in [4.78, 5) is 31.2. The van der Waals surface area contributed by atoms with Crippen LogP contribution < -0.4 is 5.32 Å². The summed E-state index contributed by atoms with van der Waals surface area (Å²) < 4.78 is 5.20. The number of nitrogens with zero attached hydrogens (tertiary/aromatic N) is 3. The van der Waals surface area contributed by atoms with Crippen molar-refractivity contribution in [3.05, 3.63) is 53.2 Å². The van der Waals surface area contributed by atoms with Crippen LogP contribution in [0.4, 0.5) is 5.69 Å². The molecule has 3 rings (SSSR count). The van der Waals surface area contributed by atoms with Gasteiger partial charge in [0.25, 0.3) is 0 Å². The highest BCUT2D eigenvalue weighted by molar-refractivity contribution is 7.13. The molecule has 0 saturated heterocycles. The molecule has 0 bridgehead atoms. The van der Waals surface area contributed by atoms with Crippen molar-refractivity contribution in [2.75, 3.05) is 18.9 Å². The van der Waals surface area contributed by atoms with Crippen LogP contribution >= 0.6 is 11.3 Å². The van der Waals surface area contributed by atoms with Crippen LogP contribution in [0.1, 0.15) is 24.8 Å². The van der Waals surface area contributed by atoms with Crippen LogP contribution in [0.5, 0.6) is 0 Å². The molecular weight excluding hydrogens is 376 g/mol. The van der Waals surface area contributed by atoms with Gasteiger partial charge in [-0.05, 0) is 29.5 Å². The fraction of sp³-hybridized carbons (Fsp3) is 0.300. The van der Waals surface area contributed by atoms with E-state index in [9.17, 15) is 9.59 Å². The van der Waals surface area contributed by atoms with Gasteiger partial charge in [-0.15, -0.1) is 11.3 Å². The summed E-state index contributed by atoms with van der Waals surface area (Å²) in [5.41, 5.74) is 1.84. The van der Waals surface area contributed by atoms with E-state index < -0.39 is 0 Å². The molecule has 2 amide bonds. The maximum absolute atomic E-state index is 12.3. The molecule has 146 valence electrons. The highest BCUT2D eigenvalue weighted by Crippen LogP contribution is 2.21. The molecule has 0 aliphatic heterocycles. The molecule has 0 unspecified atom stereocenters. The third-order valence-corrected chi connectivity index (χ3v) is 5.11. The molecule has 2 heterocycles. The smallest absolute Gasteiger partial charge is 0.243 e. The van der Waals surface area contributed by atoms with Crippen molar-refractivity contribution < 1.29 is 14.1 Å². The largest absolute Gasteiger partial charge is 0.339 e. The number of para-hydroxylation sites is 1. The van der Waals surface area contributed by atoms with E-state index in [4.69, 9.17) is 4.52 Å². The van der Waals surface area contributed by atoms with E-state index in [1.807, 2.05) is 48.7 Å². The summed E-state index contributed by atoms with van der Waals surface area (Å²) in [5.74, 6) is 0.551. The van der Waals surface area contributed by atoms with Crippen LogP contribution in [-0.4, -0.2) is 40.4 Å². The van der Waals surface area contributed by atoms with Gasteiger partial charge >= 0.3 is 0 Å². The lowest BCUT2D eigenvalue weighted by atomic mass is 10.1. The van der Waals surface area contributed by atoms with Crippen LogP contribution in [0.15, 0.2) is 46.3 Å². The maximum atomic E-state index is 12.3. The Bertz CT molecular complexity index is 937. The second-order valence-corrected chi connectivity index (χ2v) is 7.25. The summed E-state index contributed by atoms with van der Waals surface area (Å²) in [6, 6.07) is 11.5. The number of carbonyl (C=O) groups excluding carboxylic acids is 2. The molecular formula is C20H22N4O3S. The Labute approximate surface area is 167 Å². The zero-order valence-electron chi connectivity index (χ0n) is 15.8. The molecule has 0 atom stereocenters. The number of hydrogen-bond acceptors (Lipinski definition) is 6. The number of thiophene rings is 1. The number of rotatable bonds is 8. The molecule has 0 aliphatic rings. The Hall–Kier alpha value is -3.00. The molecule has 0 saturated carbocycles. The summed E-state index contributed by atoms with van der Waals surface area (Å²) in [6.45, 7) is 2.02. The zero-order chi connectivity index (χ0) is 19.9. The molecule has 28 heavy (non-hydrogen) atoms. The Morgan fingerprint density at radius 1 is 1.21 bits per heavy atom. The quantitative estimate of drug-likeness (QED) is 0.628. The SMILES string of the molecule is CCc1ccccc1NC(=O)CN(C)C(=O)CCc1nc(-c2cccs2)no1. The lowest BCUT2D eigenvalue weighted by Gasteiger charge is -2.17. The minimum Gasteiger partial charge on any atom is -0.339 e. The fourth-order valence-electron chi connectivity index (χ4n) is 2.71. The van der Waals surface area contributed by atoms with E-state index in [-0.39, 0.29) is 24.8 Å². The molecule has 2 aromatic heterocycles. The normalized spacial score (nSPS) is 10.6. The average molecular weight is 398 g/mol. The van der Waals surface area contributed by atoms with Gasteiger partial charge in [0.1, 0.15) is 0 Å².